The van der Waals surface area contributed by atoms with Gasteiger partial charge in [-0.05, 0) is 54.7 Å². The maximum absolute atomic E-state index is 12.1. The molecule has 0 unspecified atom stereocenters. The van der Waals surface area contributed by atoms with Gasteiger partial charge in [0, 0.05) is 11.4 Å². The van der Waals surface area contributed by atoms with Gasteiger partial charge in [-0.2, -0.15) is 0 Å². The van der Waals surface area contributed by atoms with Gasteiger partial charge < -0.3 is 9.55 Å². The van der Waals surface area contributed by atoms with Crippen molar-refractivity contribution in [3.05, 3.63) is 113 Å². The van der Waals surface area contributed by atoms with E-state index in [0.717, 1.165) is 22.5 Å². The Kier molecular flexibility index (Phi) is 5.58. The number of anilines is 1. The summed E-state index contributed by atoms with van der Waals surface area (Å²) in [4.78, 5) is 14.4. The minimum absolute atomic E-state index is 0.0507. The number of benzene rings is 3. The average Bonchev–Trinajstić information content (AvgIpc) is 2.79. The maximum Gasteiger partial charge on any atom is 0.338 e. The predicted octanol–water partition coefficient (Wildman–Crippen LogP) is 4.95. The van der Waals surface area contributed by atoms with Crippen molar-refractivity contribution >= 4 is 29.7 Å². The third-order valence-electron chi connectivity index (χ3n) is 5.56. The van der Waals surface area contributed by atoms with Gasteiger partial charge in [-0.25, -0.2) is 4.79 Å². The molecule has 0 spiro atoms. The summed E-state index contributed by atoms with van der Waals surface area (Å²) in [6.07, 6.45) is 4.28. The lowest BCUT2D eigenvalue weighted by atomic mass is 9.51. The first-order valence-corrected chi connectivity index (χ1v) is 10.1. The van der Waals surface area contributed by atoms with Crippen LogP contribution in [0.2, 0.25) is 0 Å². The van der Waals surface area contributed by atoms with Gasteiger partial charge in [-0.1, -0.05) is 72.2 Å². The zero-order chi connectivity index (χ0) is 21.1. The van der Waals surface area contributed by atoms with Gasteiger partial charge in [-0.3, -0.25) is 0 Å². The van der Waals surface area contributed by atoms with Crippen LogP contribution in [-0.4, -0.2) is 19.9 Å². The van der Waals surface area contributed by atoms with Crippen molar-refractivity contribution in [2.45, 2.75) is 13.8 Å². The van der Waals surface area contributed by atoms with Gasteiger partial charge in [0.2, 0.25) is 0 Å². The molecule has 1 aliphatic rings. The van der Waals surface area contributed by atoms with E-state index in [0.29, 0.717) is 5.56 Å². The van der Waals surface area contributed by atoms with Crippen LogP contribution >= 0.6 is 0 Å². The molecule has 0 bridgehead atoms. The number of allylic oxidation sites excluding steroid dienone is 2. The number of carbonyl (C=O) groups is 1. The smallest absolute Gasteiger partial charge is 0.338 e. The predicted molar refractivity (Wildman–Crippen MR) is 125 cm³/mol. The minimum atomic E-state index is -0.313. The lowest BCUT2D eigenvalue weighted by Crippen LogP contribution is -2.48. The van der Waals surface area contributed by atoms with Crippen LogP contribution in [0.25, 0.3) is 5.70 Å². The lowest BCUT2D eigenvalue weighted by Gasteiger charge is -2.35. The lowest BCUT2D eigenvalue weighted by molar-refractivity contribution is 0.0600. The Hall–Kier alpha value is -3.53. The van der Waals surface area contributed by atoms with Crippen LogP contribution in [0.3, 0.4) is 0 Å². The van der Waals surface area contributed by atoms with E-state index in [-0.39, 0.29) is 12.8 Å². The quantitative estimate of drug-likeness (QED) is 0.464. The molecule has 1 heterocycles. The van der Waals surface area contributed by atoms with Crippen LogP contribution in [0.1, 0.15) is 27.0 Å². The van der Waals surface area contributed by atoms with Crippen molar-refractivity contribution in [1.82, 2.24) is 0 Å². The number of rotatable bonds is 4. The van der Waals surface area contributed by atoms with Crippen molar-refractivity contribution < 1.29 is 9.53 Å². The molecule has 0 fully saturated rings. The van der Waals surface area contributed by atoms with Crippen LogP contribution in [0.15, 0.2) is 90.9 Å². The number of carbonyl (C=O) groups excluding carboxylic acids is 1. The summed E-state index contributed by atoms with van der Waals surface area (Å²) in [5, 5.41) is 0. The summed E-state index contributed by atoms with van der Waals surface area (Å²) >= 11 is 0. The Morgan fingerprint density at radius 1 is 0.900 bits per heavy atom. The summed E-state index contributed by atoms with van der Waals surface area (Å²) in [5.41, 5.74) is 7.29. The highest BCUT2D eigenvalue weighted by Crippen LogP contribution is 2.32. The van der Waals surface area contributed by atoms with Crippen LogP contribution in [0.5, 0.6) is 0 Å². The highest BCUT2D eigenvalue weighted by Gasteiger charge is 2.30. The van der Waals surface area contributed by atoms with Crippen molar-refractivity contribution in [3.8, 4) is 0 Å². The van der Waals surface area contributed by atoms with Gasteiger partial charge >= 0.3 is 12.8 Å². The van der Waals surface area contributed by atoms with Crippen LogP contribution in [-0.2, 0) is 4.74 Å². The van der Waals surface area contributed by atoms with Crippen molar-refractivity contribution in [2.24, 2.45) is 0 Å². The number of nitrogens with zero attached hydrogens (tertiary/aromatic N) is 1. The highest BCUT2D eigenvalue weighted by molar-refractivity contribution is 6.83. The first-order valence-electron chi connectivity index (χ1n) is 10.1. The fourth-order valence-electron chi connectivity index (χ4n) is 4.01. The van der Waals surface area contributed by atoms with Gasteiger partial charge in [-0.15, -0.1) is 0 Å². The summed E-state index contributed by atoms with van der Waals surface area (Å²) in [6.45, 7) is 4.15. The van der Waals surface area contributed by atoms with Crippen molar-refractivity contribution in [2.75, 3.05) is 11.9 Å². The molecule has 30 heavy (non-hydrogen) atoms. The Labute approximate surface area is 178 Å². The summed E-state index contributed by atoms with van der Waals surface area (Å²) < 4.78 is 4.92. The Bertz CT molecular complexity index is 1130. The van der Waals surface area contributed by atoms with E-state index < -0.39 is 0 Å². The largest absolute Gasteiger partial charge is 0.465 e. The first kappa shape index (κ1) is 19.8. The number of hydrogen-bond donors (Lipinski definition) is 0. The molecule has 4 rings (SSSR count). The molecule has 0 saturated carbocycles. The molecule has 0 aromatic heterocycles. The molecule has 3 nitrogen and oxygen atoms in total. The topological polar surface area (TPSA) is 29.5 Å². The maximum atomic E-state index is 12.1. The molecule has 0 N–H and O–H groups in total. The normalized spacial score (nSPS) is 13.2. The minimum Gasteiger partial charge on any atom is -0.465 e. The molecule has 3 aromatic carbocycles. The van der Waals surface area contributed by atoms with E-state index in [1.54, 1.807) is 0 Å². The van der Waals surface area contributed by atoms with E-state index in [1.807, 2.05) is 25.1 Å². The van der Waals surface area contributed by atoms with Crippen molar-refractivity contribution in [1.29, 1.82) is 0 Å². The van der Waals surface area contributed by atoms with E-state index in [4.69, 9.17) is 4.74 Å². The molecule has 0 saturated heterocycles. The fraction of sp³-hybridized carbons (Fsp3) is 0.115. The second-order valence-electron chi connectivity index (χ2n) is 7.47. The number of methoxy groups -OCH3 is 1. The number of ether oxygens (including phenoxy) is 1. The molecule has 1 aliphatic heterocycles. The Morgan fingerprint density at radius 3 is 2.33 bits per heavy atom. The molecule has 148 valence electrons. The summed E-state index contributed by atoms with van der Waals surface area (Å²) in [7, 11) is 1.41. The summed E-state index contributed by atoms with van der Waals surface area (Å²) in [6, 6.07) is 24.8. The fourth-order valence-corrected chi connectivity index (χ4v) is 4.01. The van der Waals surface area contributed by atoms with Gasteiger partial charge in [0.25, 0.3) is 0 Å². The van der Waals surface area contributed by atoms with Gasteiger partial charge in [0.15, 0.2) is 0 Å². The highest BCUT2D eigenvalue weighted by atomic mass is 16.5. The second kappa shape index (κ2) is 8.46. The average molecular weight is 393 g/mol. The number of aryl methyl sites for hydroxylation is 2. The van der Waals surface area contributed by atoms with E-state index in [9.17, 15) is 4.79 Å². The van der Waals surface area contributed by atoms with Crippen LogP contribution in [0.4, 0.5) is 5.69 Å². The molecule has 0 aliphatic carbocycles. The second-order valence-corrected chi connectivity index (χ2v) is 7.47. The number of esters is 1. The third-order valence-corrected chi connectivity index (χ3v) is 5.56. The van der Waals surface area contributed by atoms with Crippen LogP contribution in [0, 0.1) is 13.8 Å². The van der Waals surface area contributed by atoms with E-state index in [1.165, 1.54) is 18.1 Å². The molecule has 0 atom stereocenters. The number of hydrogen-bond acceptors (Lipinski definition) is 3. The third kappa shape index (κ3) is 3.69. The molecule has 0 amide bonds. The molecule has 4 heteroatoms. The SMILES string of the molecule is COC(=O)c1ccc(N2B(c3ccccc3C)C=CC=C2c2ccccc2)cc1C. The standard InChI is InChI=1S/C26H24BNO2/c1-19-10-7-8-13-24(19)27-17-9-14-25(21-11-5-4-6-12-21)28(27)22-15-16-23(20(2)18-22)26(29)30-3/h4-18H,1-3H3. The zero-order valence-electron chi connectivity index (χ0n) is 17.5. The monoisotopic (exact) mass is 393 g/mol. The Morgan fingerprint density at radius 2 is 1.63 bits per heavy atom. The van der Waals surface area contributed by atoms with Gasteiger partial charge in [0.05, 0.1) is 12.7 Å². The Balaban J connectivity index is 1.86. The first-order chi connectivity index (χ1) is 14.6. The molecule has 3 aromatic rings. The van der Waals surface area contributed by atoms with E-state index in [2.05, 4.69) is 84.5 Å². The molecule has 0 radical (unpaired) electrons. The van der Waals surface area contributed by atoms with Crippen molar-refractivity contribution in [3.63, 3.8) is 0 Å². The molecular formula is C26H24BNO2. The molecular weight excluding hydrogens is 369 g/mol. The summed E-state index contributed by atoms with van der Waals surface area (Å²) in [5.74, 6) is 1.91. The van der Waals surface area contributed by atoms with Crippen LogP contribution < -0.4 is 10.3 Å². The van der Waals surface area contributed by atoms with E-state index >= 15 is 0 Å². The zero-order valence-corrected chi connectivity index (χ0v) is 17.5. The van der Waals surface area contributed by atoms with Gasteiger partial charge in [0.1, 0.15) is 0 Å².